The smallest absolute Gasteiger partial charge is 0.124 e. The van der Waals surface area contributed by atoms with Crippen LogP contribution in [-0.2, 0) is 0 Å². The van der Waals surface area contributed by atoms with Gasteiger partial charge in [-0.05, 0) is 79.1 Å². The van der Waals surface area contributed by atoms with Crippen LogP contribution in [0.3, 0.4) is 0 Å². The fourth-order valence-electron chi connectivity index (χ4n) is 6.21. The van der Waals surface area contributed by atoms with Crippen molar-refractivity contribution in [1.29, 1.82) is 0 Å². The average molecular weight is 543 g/mol. The molecule has 0 unspecified atom stereocenters. The summed E-state index contributed by atoms with van der Waals surface area (Å²) in [6.45, 7) is 4.54. The van der Waals surface area contributed by atoms with Gasteiger partial charge in [-0.2, -0.15) is 0 Å². The zero-order valence-electron chi connectivity index (χ0n) is 23.4. The molecule has 4 heterocycles. The number of nitrogens with one attached hydrogen (secondary N) is 3. The quantitative estimate of drug-likeness (QED) is 0.189. The minimum atomic E-state index is -0.0408. The molecule has 8 nitrogen and oxygen atoms in total. The van der Waals surface area contributed by atoms with E-state index in [0.29, 0.717) is 12.0 Å². The predicted molar refractivity (Wildman–Crippen MR) is 163 cm³/mol. The van der Waals surface area contributed by atoms with Crippen LogP contribution in [0.15, 0.2) is 60.8 Å². The van der Waals surface area contributed by atoms with Crippen molar-refractivity contribution >= 4 is 33.1 Å². The molecule has 1 aliphatic carbocycles. The molecule has 1 saturated heterocycles. The maximum absolute atomic E-state index is 6.40. The largest absolute Gasteiger partial charge is 0.341 e. The summed E-state index contributed by atoms with van der Waals surface area (Å²) in [5.74, 6) is 3.29. The Bertz CT molecular complexity index is 1910. The number of rotatable bonds is 6. The Morgan fingerprint density at radius 3 is 2.29 bits per heavy atom. The molecule has 4 atom stereocenters. The number of nitrogens with two attached hydrogens (primary N) is 1. The number of hydrogen-bond acceptors (Lipinski definition) is 6. The summed E-state index contributed by atoms with van der Waals surface area (Å²) in [4.78, 5) is 26.4. The molecule has 0 spiro atoms. The Kier molecular flexibility index (Phi) is 5.69. The second-order valence-corrected chi connectivity index (χ2v) is 12.2. The summed E-state index contributed by atoms with van der Waals surface area (Å²) >= 11 is 0. The fraction of sp³-hybridized carbons (Fsp3) is 0.333. The molecule has 2 aliphatic rings. The standard InChI is InChI=1S/C33H34N8/c1-17-11-30(36-18(17)2)33-39-26-9-6-21(14-28(26)41-33)20-5-8-24-27(13-20)35-16-31(37-24)22-7-10-25-29(15-22)40-32(38-25)23(34)12-19-3-4-19/h5-10,13-19,23,30,36H,3-4,11-12,34H2,1-2H3,(H,38,40)(H,39,41)/t17-,18-,23+,30+/m1/s1. The third-order valence-corrected chi connectivity index (χ3v) is 9.06. The van der Waals surface area contributed by atoms with Crippen LogP contribution in [0, 0.1) is 11.8 Å². The minimum Gasteiger partial charge on any atom is -0.341 e. The molecule has 0 amide bonds. The Hall–Kier alpha value is -4.14. The molecule has 0 bridgehead atoms. The number of nitrogens with zero attached hydrogens (tertiary/aromatic N) is 4. The number of hydrogen-bond donors (Lipinski definition) is 4. The Labute approximate surface area is 238 Å². The lowest BCUT2D eigenvalue weighted by Crippen LogP contribution is -2.24. The fourth-order valence-corrected chi connectivity index (χ4v) is 6.21. The van der Waals surface area contributed by atoms with Gasteiger partial charge in [0.2, 0.25) is 0 Å². The van der Waals surface area contributed by atoms with Crippen LogP contribution in [0.1, 0.15) is 63.3 Å². The molecule has 3 aromatic carbocycles. The highest BCUT2D eigenvalue weighted by atomic mass is 15.1. The lowest BCUT2D eigenvalue weighted by atomic mass is 10.0. The number of aromatic nitrogens is 6. The average Bonchev–Trinajstić information content (AvgIpc) is 3.38. The van der Waals surface area contributed by atoms with Gasteiger partial charge in [-0.1, -0.05) is 38.0 Å². The molecule has 3 aromatic heterocycles. The molecule has 41 heavy (non-hydrogen) atoms. The van der Waals surface area contributed by atoms with E-state index in [4.69, 9.17) is 25.7 Å². The molecule has 1 aliphatic heterocycles. The van der Waals surface area contributed by atoms with Crippen LogP contribution in [0.4, 0.5) is 0 Å². The molecule has 8 heteroatoms. The summed E-state index contributed by atoms with van der Waals surface area (Å²) in [7, 11) is 0. The van der Waals surface area contributed by atoms with Gasteiger partial charge in [0.25, 0.3) is 0 Å². The van der Waals surface area contributed by atoms with Crippen LogP contribution < -0.4 is 11.1 Å². The van der Waals surface area contributed by atoms with Crippen molar-refractivity contribution in [3.63, 3.8) is 0 Å². The van der Waals surface area contributed by atoms with Gasteiger partial charge >= 0.3 is 0 Å². The second kappa shape index (κ2) is 9.46. The van der Waals surface area contributed by atoms with Crippen LogP contribution >= 0.6 is 0 Å². The first-order valence-corrected chi connectivity index (χ1v) is 14.8. The van der Waals surface area contributed by atoms with E-state index in [0.717, 1.165) is 85.9 Å². The van der Waals surface area contributed by atoms with E-state index in [2.05, 4.69) is 77.7 Å². The van der Waals surface area contributed by atoms with E-state index in [1.807, 2.05) is 12.3 Å². The highest BCUT2D eigenvalue weighted by Crippen LogP contribution is 2.37. The molecule has 206 valence electrons. The van der Waals surface area contributed by atoms with Gasteiger partial charge in [0.15, 0.2) is 0 Å². The van der Waals surface area contributed by atoms with Crippen molar-refractivity contribution in [3.8, 4) is 22.4 Å². The monoisotopic (exact) mass is 542 g/mol. The zero-order chi connectivity index (χ0) is 27.7. The van der Waals surface area contributed by atoms with Crippen molar-refractivity contribution < 1.29 is 0 Å². The third kappa shape index (κ3) is 4.57. The lowest BCUT2D eigenvalue weighted by Gasteiger charge is -2.08. The number of H-pyrrole nitrogens is 2. The van der Waals surface area contributed by atoms with E-state index >= 15 is 0 Å². The summed E-state index contributed by atoms with van der Waals surface area (Å²) < 4.78 is 0. The normalized spacial score (nSPS) is 21.8. The Balaban J connectivity index is 1.06. The molecule has 1 saturated carbocycles. The lowest BCUT2D eigenvalue weighted by molar-refractivity contribution is 0.516. The van der Waals surface area contributed by atoms with Crippen molar-refractivity contribution in [3.05, 3.63) is 72.4 Å². The van der Waals surface area contributed by atoms with Gasteiger partial charge in [-0.3, -0.25) is 4.98 Å². The first kappa shape index (κ1) is 24.6. The summed E-state index contributed by atoms with van der Waals surface area (Å²) in [6.07, 6.45) is 6.53. The van der Waals surface area contributed by atoms with E-state index in [1.54, 1.807) is 0 Å². The molecule has 5 N–H and O–H groups in total. The molecule has 6 aromatic rings. The Morgan fingerprint density at radius 1 is 0.805 bits per heavy atom. The van der Waals surface area contributed by atoms with Gasteiger partial charge in [0.1, 0.15) is 11.6 Å². The van der Waals surface area contributed by atoms with Crippen LogP contribution in [0.5, 0.6) is 0 Å². The highest BCUT2D eigenvalue weighted by Gasteiger charge is 2.30. The predicted octanol–water partition coefficient (Wildman–Crippen LogP) is 6.58. The molecular weight excluding hydrogens is 508 g/mol. The molecule has 2 fully saturated rings. The SMILES string of the molecule is C[C@@H]1C[C@@H](c2nc3ccc(-c4ccc5nc(-c6ccc7nc([C@@H](N)CC8CC8)[nH]c7c6)cnc5c4)cc3[nH]2)N[C@@H]1C. The van der Waals surface area contributed by atoms with Crippen LogP contribution in [0.25, 0.3) is 55.5 Å². The molecular formula is C33H34N8. The highest BCUT2D eigenvalue weighted by molar-refractivity contribution is 5.87. The molecule has 8 rings (SSSR count). The number of benzene rings is 3. The topological polar surface area (TPSA) is 121 Å². The summed E-state index contributed by atoms with van der Waals surface area (Å²) in [6, 6.07) is 19.6. The van der Waals surface area contributed by atoms with Gasteiger partial charge in [0.05, 0.1) is 57.1 Å². The van der Waals surface area contributed by atoms with Crippen molar-refractivity contribution in [2.45, 2.75) is 57.7 Å². The second-order valence-electron chi connectivity index (χ2n) is 12.2. The van der Waals surface area contributed by atoms with Crippen LogP contribution in [-0.4, -0.2) is 35.9 Å². The zero-order valence-corrected chi connectivity index (χ0v) is 23.4. The van der Waals surface area contributed by atoms with E-state index in [-0.39, 0.29) is 12.1 Å². The maximum Gasteiger partial charge on any atom is 0.124 e. The number of fused-ring (bicyclic) bond motifs is 3. The van der Waals surface area contributed by atoms with Crippen molar-refractivity contribution in [1.82, 2.24) is 35.2 Å². The number of imidazole rings is 2. The van der Waals surface area contributed by atoms with Gasteiger partial charge in [-0.15, -0.1) is 0 Å². The van der Waals surface area contributed by atoms with Crippen molar-refractivity contribution in [2.75, 3.05) is 0 Å². The maximum atomic E-state index is 6.40. The van der Waals surface area contributed by atoms with Crippen molar-refractivity contribution in [2.24, 2.45) is 17.6 Å². The summed E-state index contributed by atoms with van der Waals surface area (Å²) in [5.41, 5.74) is 16.2. The van der Waals surface area contributed by atoms with Crippen LogP contribution in [0.2, 0.25) is 0 Å². The number of aromatic amines is 2. The first-order valence-electron chi connectivity index (χ1n) is 14.8. The summed E-state index contributed by atoms with van der Waals surface area (Å²) in [5, 5.41) is 3.67. The van der Waals surface area contributed by atoms with E-state index in [1.165, 1.54) is 12.8 Å². The van der Waals surface area contributed by atoms with E-state index in [9.17, 15) is 0 Å². The van der Waals surface area contributed by atoms with E-state index < -0.39 is 0 Å². The van der Waals surface area contributed by atoms with Gasteiger partial charge in [-0.25, -0.2) is 15.0 Å². The third-order valence-electron chi connectivity index (χ3n) is 9.06. The first-order chi connectivity index (χ1) is 20.0. The Morgan fingerprint density at radius 2 is 1.51 bits per heavy atom. The van der Waals surface area contributed by atoms with Gasteiger partial charge in [0, 0.05) is 11.6 Å². The minimum absolute atomic E-state index is 0.0408. The van der Waals surface area contributed by atoms with Gasteiger partial charge < -0.3 is 21.0 Å². The molecule has 0 radical (unpaired) electrons.